The highest BCUT2D eigenvalue weighted by Gasteiger charge is 2.22. The maximum Gasteiger partial charge on any atom is 0.243 e. The molecule has 0 aliphatic heterocycles. The number of carbonyl (C=O) groups is 1. The van der Waals surface area contributed by atoms with Crippen LogP contribution in [0.1, 0.15) is 0 Å². The average Bonchev–Trinajstić information content (AvgIpc) is 2.57. The van der Waals surface area contributed by atoms with Gasteiger partial charge in [0.25, 0.3) is 0 Å². The summed E-state index contributed by atoms with van der Waals surface area (Å²) < 4.78 is 28.2. The van der Waals surface area contributed by atoms with Gasteiger partial charge in [-0.1, -0.05) is 36.9 Å². The summed E-state index contributed by atoms with van der Waals surface area (Å²) in [7, 11) is -0.138. The Balaban J connectivity index is 2.36. The van der Waals surface area contributed by atoms with Gasteiger partial charge in [-0.3, -0.25) is 4.79 Å². The summed E-state index contributed by atoms with van der Waals surface area (Å²) in [4.78, 5) is 13.1. The molecule has 0 aliphatic carbocycles. The van der Waals surface area contributed by atoms with Gasteiger partial charge < -0.3 is 10.2 Å². The van der Waals surface area contributed by atoms with Crippen molar-refractivity contribution in [3.8, 4) is 0 Å². The molecule has 1 amide bonds. The van der Waals surface area contributed by atoms with Crippen molar-refractivity contribution in [2.75, 3.05) is 32.1 Å². The number of anilines is 1. The SMILES string of the molecule is C=CC(=O)NCCNS(=O)(=O)c1c(N(C)C)ccc2ccccc12. The molecule has 24 heavy (non-hydrogen) atoms. The molecule has 0 bridgehead atoms. The van der Waals surface area contributed by atoms with Crippen molar-refractivity contribution in [2.45, 2.75) is 4.90 Å². The fourth-order valence-electron chi connectivity index (χ4n) is 2.38. The first-order valence-electron chi connectivity index (χ1n) is 7.46. The molecule has 0 radical (unpaired) electrons. The highest BCUT2D eigenvalue weighted by molar-refractivity contribution is 7.90. The Labute approximate surface area is 142 Å². The molecule has 6 nitrogen and oxygen atoms in total. The largest absolute Gasteiger partial charge is 0.377 e. The van der Waals surface area contributed by atoms with Gasteiger partial charge in [0.1, 0.15) is 4.90 Å². The van der Waals surface area contributed by atoms with Crippen molar-refractivity contribution in [1.29, 1.82) is 0 Å². The van der Waals surface area contributed by atoms with Crippen molar-refractivity contribution >= 4 is 32.4 Å². The first-order chi connectivity index (χ1) is 11.4. The number of benzene rings is 2. The standard InChI is InChI=1S/C17H21N3O3S/c1-4-16(21)18-11-12-19-24(22,23)17-14-8-6-5-7-13(14)9-10-15(17)20(2)3/h4-10,19H,1,11-12H2,2-3H3,(H,18,21). The topological polar surface area (TPSA) is 78.5 Å². The Morgan fingerprint density at radius 3 is 2.54 bits per heavy atom. The molecule has 0 heterocycles. The molecule has 0 saturated carbocycles. The van der Waals surface area contributed by atoms with Crippen LogP contribution in [0, 0.1) is 0 Å². The van der Waals surface area contributed by atoms with Crippen molar-refractivity contribution in [2.24, 2.45) is 0 Å². The fourth-order valence-corrected chi connectivity index (χ4v) is 3.90. The molecule has 2 N–H and O–H groups in total. The van der Waals surface area contributed by atoms with Crippen molar-refractivity contribution < 1.29 is 13.2 Å². The van der Waals surface area contributed by atoms with Crippen LogP contribution in [0.2, 0.25) is 0 Å². The van der Waals surface area contributed by atoms with Crippen molar-refractivity contribution in [3.63, 3.8) is 0 Å². The van der Waals surface area contributed by atoms with Crippen LogP contribution in [0.5, 0.6) is 0 Å². The zero-order chi connectivity index (χ0) is 17.7. The average molecular weight is 347 g/mol. The van der Waals surface area contributed by atoms with Crippen LogP contribution >= 0.6 is 0 Å². The molecule has 0 fully saturated rings. The van der Waals surface area contributed by atoms with Gasteiger partial charge >= 0.3 is 0 Å². The number of amides is 1. The maximum absolute atomic E-state index is 12.8. The first-order valence-corrected chi connectivity index (χ1v) is 8.94. The molecule has 0 aromatic heterocycles. The van der Waals surface area contributed by atoms with E-state index in [4.69, 9.17) is 0 Å². The van der Waals surface area contributed by atoms with Gasteiger partial charge in [0.05, 0.1) is 5.69 Å². The Kier molecular flexibility index (Phi) is 5.58. The summed E-state index contributed by atoms with van der Waals surface area (Å²) in [6, 6.07) is 11.0. The first kappa shape index (κ1) is 18.0. The van der Waals surface area contributed by atoms with Gasteiger partial charge in [0.15, 0.2) is 0 Å². The lowest BCUT2D eigenvalue weighted by molar-refractivity contribution is -0.116. The number of sulfonamides is 1. The smallest absolute Gasteiger partial charge is 0.243 e. The van der Waals surface area contributed by atoms with Crippen LogP contribution in [0.15, 0.2) is 53.9 Å². The summed E-state index contributed by atoms with van der Waals surface area (Å²) >= 11 is 0. The van der Waals surface area contributed by atoms with Gasteiger partial charge in [-0.2, -0.15) is 0 Å². The van der Waals surface area contributed by atoms with Gasteiger partial charge in [0.2, 0.25) is 15.9 Å². The van der Waals surface area contributed by atoms with E-state index in [2.05, 4.69) is 16.6 Å². The number of fused-ring (bicyclic) bond motifs is 1. The molecular formula is C17H21N3O3S. The highest BCUT2D eigenvalue weighted by atomic mass is 32.2. The zero-order valence-corrected chi connectivity index (χ0v) is 14.6. The summed E-state index contributed by atoms with van der Waals surface area (Å²) in [6.07, 6.45) is 1.14. The number of rotatable bonds is 7. The van der Waals surface area contributed by atoms with Crippen LogP contribution in [0.4, 0.5) is 5.69 Å². The summed E-state index contributed by atoms with van der Waals surface area (Å²) in [5.41, 5.74) is 0.608. The third kappa shape index (κ3) is 3.93. The molecule has 0 spiro atoms. The van der Waals surface area contributed by atoms with Crippen LogP contribution in [-0.4, -0.2) is 41.5 Å². The molecule has 0 unspecified atom stereocenters. The summed E-state index contributed by atoms with van der Waals surface area (Å²) in [6.45, 7) is 3.63. The Bertz CT molecular complexity index is 861. The minimum atomic E-state index is -3.74. The molecule has 0 saturated heterocycles. The van der Waals surface area contributed by atoms with Gasteiger partial charge in [0, 0.05) is 32.6 Å². The summed E-state index contributed by atoms with van der Waals surface area (Å²) in [5.74, 6) is -0.340. The van der Waals surface area contributed by atoms with Crippen LogP contribution in [0.25, 0.3) is 10.8 Å². The van der Waals surface area contributed by atoms with Gasteiger partial charge in [-0.25, -0.2) is 13.1 Å². The molecule has 128 valence electrons. The third-order valence-electron chi connectivity index (χ3n) is 3.51. The van der Waals surface area contributed by atoms with E-state index in [-0.39, 0.29) is 23.9 Å². The maximum atomic E-state index is 12.8. The fraction of sp³-hybridized carbons (Fsp3) is 0.235. The molecule has 2 aromatic rings. The van der Waals surface area contributed by atoms with E-state index in [0.29, 0.717) is 11.1 Å². The Morgan fingerprint density at radius 2 is 1.88 bits per heavy atom. The van der Waals surface area contributed by atoms with E-state index in [1.54, 1.807) is 31.1 Å². The van der Waals surface area contributed by atoms with Crippen LogP contribution in [-0.2, 0) is 14.8 Å². The van der Waals surface area contributed by atoms with E-state index < -0.39 is 10.0 Å². The predicted octanol–water partition coefficient (Wildman–Crippen LogP) is 1.49. The van der Waals surface area contributed by atoms with Crippen molar-refractivity contribution in [3.05, 3.63) is 49.1 Å². The second-order valence-corrected chi connectivity index (χ2v) is 7.13. The van der Waals surface area contributed by atoms with Crippen molar-refractivity contribution in [1.82, 2.24) is 10.0 Å². The molecule has 2 aromatic carbocycles. The molecule has 0 atom stereocenters. The van der Waals surface area contributed by atoms with E-state index >= 15 is 0 Å². The van der Waals surface area contributed by atoms with Gasteiger partial charge in [-0.15, -0.1) is 0 Å². The zero-order valence-electron chi connectivity index (χ0n) is 13.7. The molecule has 7 heteroatoms. The minimum absolute atomic E-state index is 0.0952. The normalized spacial score (nSPS) is 11.2. The number of carbonyl (C=O) groups excluding carboxylic acids is 1. The van der Waals surface area contributed by atoms with Crippen LogP contribution in [0.3, 0.4) is 0 Å². The molecule has 2 rings (SSSR count). The molecule has 0 aliphatic rings. The van der Waals surface area contributed by atoms with Gasteiger partial charge in [-0.05, 0) is 17.5 Å². The van der Waals surface area contributed by atoms with Crippen LogP contribution < -0.4 is 14.9 Å². The molecular weight excluding hydrogens is 326 g/mol. The number of nitrogens with one attached hydrogen (secondary N) is 2. The lowest BCUT2D eigenvalue weighted by Crippen LogP contribution is -2.34. The second-order valence-electron chi connectivity index (χ2n) is 5.42. The number of hydrogen-bond donors (Lipinski definition) is 2. The Morgan fingerprint density at radius 1 is 1.17 bits per heavy atom. The lowest BCUT2D eigenvalue weighted by atomic mass is 10.1. The minimum Gasteiger partial charge on any atom is -0.377 e. The highest BCUT2D eigenvalue weighted by Crippen LogP contribution is 2.31. The third-order valence-corrected chi connectivity index (χ3v) is 5.06. The quantitative estimate of drug-likeness (QED) is 0.587. The second kappa shape index (κ2) is 7.46. The number of nitrogens with zero attached hydrogens (tertiary/aromatic N) is 1. The van der Waals surface area contributed by atoms with E-state index in [0.717, 1.165) is 11.5 Å². The number of hydrogen-bond acceptors (Lipinski definition) is 4. The van der Waals surface area contributed by atoms with E-state index in [1.807, 2.05) is 24.3 Å². The van der Waals surface area contributed by atoms with E-state index in [1.165, 1.54) is 0 Å². The lowest BCUT2D eigenvalue weighted by Gasteiger charge is -2.20. The van der Waals surface area contributed by atoms with E-state index in [9.17, 15) is 13.2 Å². The predicted molar refractivity (Wildman–Crippen MR) is 96.7 cm³/mol. The summed E-state index contributed by atoms with van der Waals surface area (Å²) in [5, 5.41) is 4.05. The monoisotopic (exact) mass is 347 g/mol. The Hall–Kier alpha value is -2.38.